The molecule has 0 saturated carbocycles. The number of nitrogens with zero attached hydrogens (tertiary/aromatic N) is 3. The quantitative estimate of drug-likeness (QED) is 0.821. The van der Waals surface area contributed by atoms with Crippen molar-refractivity contribution < 1.29 is 14.3 Å². The van der Waals surface area contributed by atoms with Gasteiger partial charge in [-0.3, -0.25) is 10.3 Å². The van der Waals surface area contributed by atoms with Crippen LogP contribution < -0.4 is 10.6 Å². The van der Waals surface area contributed by atoms with E-state index < -0.39 is 23.6 Å². The van der Waals surface area contributed by atoms with Gasteiger partial charge in [-0.05, 0) is 39.8 Å². The van der Waals surface area contributed by atoms with Crippen molar-refractivity contribution in [3.63, 3.8) is 0 Å². The third-order valence-electron chi connectivity index (χ3n) is 2.64. The van der Waals surface area contributed by atoms with Crippen molar-refractivity contribution in [3.8, 4) is 10.7 Å². The average Bonchev–Trinajstić information content (AvgIpc) is 2.94. The van der Waals surface area contributed by atoms with Gasteiger partial charge in [0, 0.05) is 6.20 Å². The van der Waals surface area contributed by atoms with E-state index in [0.29, 0.717) is 15.8 Å². The molecule has 0 saturated heterocycles. The molecule has 8 nitrogen and oxygen atoms in total. The maximum Gasteiger partial charge on any atom is 0.328 e. The van der Waals surface area contributed by atoms with Crippen LogP contribution in [0.1, 0.15) is 27.7 Å². The van der Waals surface area contributed by atoms with Crippen LogP contribution in [0.2, 0.25) is 0 Å². The molecule has 0 fully saturated rings. The Balaban J connectivity index is 1.91. The molecule has 2 rings (SSSR count). The molecule has 1 atom stereocenters. The van der Waals surface area contributed by atoms with Crippen LogP contribution in [0.4, 0.5) is 9.93 Å². The highest BCUT2D eigenvalue weighted by Crippen LogP contribution is 2.24. The lowest BCUT2D eigenvalue weighted by Crippen LogP contribution is -2.43. The van der Waals surface area contributed by atoms with Crippen molar-refractivity contribution in [3.05, 3.63) is 24.4 Å². The molecule has 0 aromatic carbocycles. The minimum absolute atomic E-state index is 0.310. The molecule has 0 aliphatic rings. The molecule has 0 aliphatic carbocycles. The third-order valence-corrected chi connectivity index (χ3v) is 3.50. The molecule has 0 bridgehead atoms. The summed E-state index contributed by atoms with van der Waals surface area (Å²) in [6.07, 6.45) is 1.65. The standard InChI is InChI=1S/C15H19N5O3S/c1-9(12(21)23-15(2,3)4)17-13(22)18-14-20-19-11(24-14)10-7-5-6-8-16-10/h5-9H,1-4H3,(H2,17,18,20,22)/t9-/m1/s1. The average molecular weight is 349 g/mol. The van der Waals surface area contributed by atoms with E-state index in [1.165, 1.54) is 11.3 Å². The first-order valence-electron chi connectivity index (χ1n) is 7.30. The van der Waals surface area contributed by atoms with Crippen LogP contribution in [0.3, 0.4) is 0 Å². The zero-order valence-corrected chi connectivity index (χ0v) is 14.7. The first kappa shape index (κ1) is 17.8. The Morgan fingerprint density at radius 1 is 1.25 bits per heavy atom. The van der Waals surface area contributed by atoms with Gasteiger partial charge < -0.3 is 10.1 Å². The first-order chi connectivity index (χ1) is 11.2. The summed E-state index contributed by atoms with van der Waals surface area (Å²) in [4.78, 5) is 27.9. The van der Waals surface area contributed by atoms with Crippen molar-refractivity contribution in [1.82, 2.24) is 20.5 Å². The highest BCUT2D eigenvalue weighted by Gasteiger charge is 2.23. The van der Waals surface area contributed by atoms with Crippen molar-refractivity contribution >= 4 is 28.5 Å². The van der Waals surface area contributed by atoms with Crippen LogP contribution in [-0.2, 0) is 9.53 Å². The number of carbonyl (C=O) groups excluding carboxylic acids is 2. The number of hydrogen-bond acceptors (Lipinski definition) is 7. The zero-order chi connectivity index (χ0) is 17.7. The number of nitrogens with one attached hydrogen (secondary N) is 2. The van der Waals surface area contributed by atoms with E-state index in [4.69, 9.17) is 4.74 Å². The molecule has 128 valence electrons. The van der Waals surface area contributed by atoms with Gasteiger partial charge in [-0.2, -0.15) is 0 Å². The topological polar surface area (TPSA) is 106 Å². The van der Waals surface area contributed by atoms with Gasteiger partial charge in [-0.1, -0.05) is 17.4 Å². The van der Waals surface area contributed by atoms with E-state index in [1.54, 1.807) is 46.0 Å². The molecular formula is C15H19N5O3S. The molecule has 0 spiro atoms. The molecule has 0 aliphatic heterocycles. The number of aromatic nitrogens is 3. The number of hydrogen-bond donors (Lipinski definition) is 2. The van der Waals surface area contributed by atoms with E-state index in [1.807, 2.05) is 6.07 Å². The third kappa shape index (κ3) is 5.27. The predicted octanol–water partition coefficient (Wildman–Crippen LogP) is 2.45. The highest BCUT2D eigenvalue weighted by molar-refractivity contribution is 7.18. The summed E-state index contributed by atoms with van der Waals surface area (Å²) in [5.41, 5.74) is 0.0610. The number of anilines is 1. The summed E-state index contributed by atoms with van der Waals surface area (Å²) >= 11 is 1.19. The fraction of sp³-hybridized carbons (Fsp3) is 0.400. The molecule has 0 radical (unpaired) electrons. The van der Waals surface area contributed by atoms with E-state index in [2.05, 4.69) is 25.8 Å². The molecule has 2 aromatic heterocycles. The number of esters is 1. The van der Waals surface area contributed by atoms with Crippen LogP contribution in [-0.4, -0.2) is 38.8 Å². The summed E-state index contributed by atoms with van der Waals surface area (Å²) in [7, 11) is 0. The lowest BCUT2D eigenvalue weighted by Gasteiger charge is -2.22. The van der Waals surface area contributed by atoms with Crippen molar-refractivity contribution in [2.45, 2.75) is 39.3 Å². The zero-order valence-electron chi connectivity index (χ0n) is 13.9. The second-order valence-corrected chi connectivity index (χ2v) is 6.96. The number of pyridine rings is 1. The number of urea groups is 1. The lowest BCUT2D eigenvalue weighted by molar-refractivity contribution is -0.156. The molecule has 2 amide bonds. The summed E-state index contributed by atoms with van der Waals surface area (Å²) in [6, 6.07) is 4.10. The molecular weight excluding hydrogens is 330 g/mol. The van der Waals surface area contributed by atoms with Crippen molar-refractivity contribution in [2.24, 2.45) is 0 Å². The minimum atomic E-state index is -0.785. The monoisotopic (exact) mass is 349 g/mol. The minimum Gasteiger partial charge on any atom is -0.458 e. The number of carbonyl (C=O) groups is 2. The summed E-state index contributed by atoms with van der Waals surface area (Å²) in [5, 5.41) is 13.8. The smallest absolute Gasteiger partial charge is 0.328 e. The second-order valence-electron chi connectivity index (χ2n) is 5.98. The number of amides is 2. The molecule has 9 heteroatoms. The van der Waals surface area contributed by atoms with Crippen LogP contribution in [0.15, 0.2) is 24.4 Å². The molecule has 2 heterocycles. The fourth-order valence-corrected chi connectivity index (χ4v) is 2.36. The Morgan fingerprint density at radius 2 is 2.00 bits per heavy atom. The van der Waals surface area contributed by atoms with E-state index >= 15 is 0 Å². The predicted molar refractivity (Wildman–Crippen MR) is 90.6 cm³/mol. The van der Waals surface area contributed by atoms with Gasteiger partial charge in [0.2, 0.25) is 5.13 Å². The SMILES string of the molecule is C[C@@H](NC(=O)Nc1nnc(-c2ccccn2)s1)C(=O)OC(C)(C)C. The van der Waals surface area contributed by atoms with Crippen LogP contribution >= 0.6 is 11.3 Å². The second kappa shape index (κ2) is 7.35. The van der Waals surface area contributed by atoms with Crippen molar-refractivity contribution in [2.75, 3.05) is 5.32 Å². The molecule has 2 N–H and O–H groups in total. The van der Waals surface area contributed by atoms with E-state index in [-0.39, 0.29) is 0 Å². The van der Waals surface area contributed by atoms with Gasteiger partial charge in [0.25, 0.3) is 0 Å². The molecule has 2 aromatic rings. The lowest BCUT2D eigenvalue weighted by atomic mass is 10.2. The number of rotatable bonds is 4. The normalized spacial score (nSPS) is 12.3. The van der Waals surface area contributed by atoms with Crippen LogP contribution in [0.5, 0.6) is 0 Å². The fourth-order valence-electron chi connectivity index (χ4n) is 1.65. The van der Waals surface area contributed by atoms with Gasteiger partial charge >= 0.3 is 12.0 Å². The summed E-state index contributed by atoms with van der Waals surface area (Å²) in [5.74, 6) is -0.510. The Bertz CT molecular complexity index is 711. The van der Waals surface area contributed by atoms with E-state index in [9.17, 15) is 9.59 Å². The Kier molecular flexibility index (Phi) is 5.45. The van der Waals surface area contributed by atoms with E-state index in [0.717, 1.165) is 0 Å². The van der Waals surface area contributed by atoms with Crippen LogP contribution in [0.25, 0.3) is 10.7 Å². The largest absolute Gasteiger partial charge is 0.458 e. The Labute approximate surface area is 143 Å². The Morgan fingerprint density at radius 3 is 2.62 bits per heavy atom. The first-order valence-corrected chi connectivity index (χ1v) is 8.11. The van der Waals surface area contributed by atoms with Crippen molar-refractivity contribution in [1.29, 1.82) is 0 Å². The number of ether oxygens (including phenoxy) is 1. The van der Waals surface area contributed by atoms with Gasteiger partial charge in [0.15, 0.2) is 5.01 Å². The summed E-state index contributed by atoms with van der Waals surface area (Å²) in [6.45, 7) is 6.83. The Hall–Kier alpha value is -2.55. The maximum absolute atomic E-state index is 11.9. The van der Waals surface area contributed by atoms with Gasteiger partial charge in [-0.25, -0.2) is 9.59 Å². The maximum atomic E-state index is 11.9. The van der Waals surface area contributed by atoms with Gasteiger partial charge in [-0.15, -0.1) is 10.2 Å². The highest BCUT2D eigenvalue weighted by atomic mass is 32.1. The van der Waals surface area contributed by atoms with Gasteiger partial charge in [0.05, 0.1) is 0 Å². The molecule has 24 heavy (non-hydrogen) atoms. The molecule has 0 unspecified atom stereocenters. The van der Waals surface area contributed by atoms with Gasteiger partial charge in [0.1, 0.15) is 17.3 Å². The van der Waals surface area contributed by atoms with Crippen LogP contribution in [0, 0.1) is 0 Å². The summed E-state index contributed by atoms with van der Waals surface area (Å²) < 4.78 is 5.20.